The van der Waals surface area contributed by atoms with Crippen molar-refractivity contribution in [1.29, 1.82) is 0 Å². The summed E-state index contributed by atoms with van der Waals surface area (Å²) in [6.07, 6.45) is -3.08. The summed E-state index contributed by atoms with van der Waals surface area (Å²) in [5, 5.41) is 14.1. The predicted octanol–water partition coefficient (Wildman–Crippen LogP) is 1.21. The molecular weight excluding hydrogens is 474 g/mol. The number of halogens is 1. The summed E-state index contributed by atoms with van der Waals surface area (Å²) in [5.74, 6) is -0.856. The number of pyridine rings is 1. The van der Waals surface area contributed by atoms with E-state index in [4.69, 9.17) is 10.5 Å². The quantitative estimate of drug-likeness (QED) is 0.425. The van der Waals surface area contributed by atoms with Crippen LogP contribution in [0.1, 0.15) is 16.7 Å². The molecule has 3 heterocycles. The second-order valence-electron chi connectivity index (χ2n) is 8.34. The van der Waals surface area contributed by atoms with E-state index in [9.17, 15) is 19.5 Å². The molecule has 1 fully saturated rings. The molecule has 2 aromatic carbocycles. The zero-order chi connectivity index (χ0) is 24.0. The Morgan fingerprint density at radius 3 is 2.86 bits per heavy atom. The van der Waals surface area contributed by atoms with Crippen molar-refractivity contribution in [2.45, 2.75) is 25.7 Å². The molecule has 5 rings (SSSR count). The summed E-state index contributed by atoms with van der Waals surface area (Å²) in [4.78, 5) is 46.2. The Kier molecular flexibility index (Phi) is 6.62. The number of rotatable bonds is 4. The molecule has 0 aliphatic carbocycles. The smallest absolute Gasteiger partial charge is 0.259 e. The maximum absolute atomic E-state index is 13.1. The number of nitrogens with zero attached hydrogens (tertiary/aromatic N) is 2. The van der Waals surface area contributed by atoms with Gasteiger partial charge in [-0.15, -0.1) is 12.4 Å². The van der Waals surface area contributed by atoms with Crippen LogP contribution in [0.2, 0.25) is 0 Å². The van der Waals surface area contributed by atoms with Crippen molar-refractivity contribution >= 4 is 52.3 Å². The first-order valence-corrected chi connectivity index (χ1v) is 10.8. The number of aromatic amines is 1. The van der Waals surface area contributed by atoms with Crippen molar-refractivity contribution in [1.82, 2.24) is 4.98 Å². The zero-order valence-electron chi connectivity index (χ0n) is 18.8. The fourth-order valence-electron chi connectivity index (χ4n) is 4.22. The van der Waals surface area contributed by atoms with Crippen LogP contribution in [0.4, 0.5) is 11.4 Å². The molecule has 182 valence electrons. The van der Waals surface area contributed by atoms with Gasteiger partial charge in [-0.05, 0) is 54.3 Å². The van der Waals surface area contributed by atoms with Gasteiger partial charge in [-0.25, -0.2) is 0 Å². The molecule has 2 aliphatic heterocycles. The van der Waals surface area contributed by atoms with Gasteiger partial charge in [0.05, 0.1) is 18.7 Å². The number of aliphatic imine (C=N–C) groups is 1. The van der Waals surface area contributed by atoms with Gasteiger partial charge in [-0.2, -0.15) is 0 Å². The molecule has 1 saturated heterocycles. The van der Waals surface area contributed by atoms with Crippen LogP contribution in [0.25, 0.3) is 10.9 Å². The van der Waals surface area contributed by atoms with Gasteiger partial charge >= 0.3 is 0 Å². The van der Waals surface area contributed by atoms with E-state index in [0.717, 1.165) is 16.5 Å². The Morgan fingerprint density at radius 2 is 2.06 bits per heavy atom. The molecule has 2 aliphatic rings. The average molecular weight is 498 g/mol. The van der Waals surface area contributed by atoms with Gasteiger partial charge in [0, 0.05) is 29.0 Å². The molecule has 10 nitrogen and oxygen atoms in total. The standard InChI is InChI=1S/C24H23N5O5.ClH/c1-12-8-13-2-4-16(10-18(13)28-22(12)31)29-6-7-34-20(24(29)33)19(30)23(32)27-15-3-5-17-14(9-15)11-26-21(17)25;/h2-5,8-10,19-20,30H,6-7,11H2,1H3,(H2,25,26)(H,27,32)(H,28,31);1H/t19-,20-;/m1./s1. The number of anilines is 2. The van der Waals surface area contributed by atoms with Crippen molar-refractivity contribution in [2.24, 2.45) is 10.7 Å². The molecular formula is C24H24ClN5O5. The molecule has 0 unspecified atom stereocenters. The highest BCUT2D eigenvalue weighted by molar-refractivity contribution is 6.05. The summed E-state index contributed by atoms with van der Waals surface area (Å²) in [7, 11) is 0. The lowest BCUT2D eigenvalue weighted by atomic mass is 10.1. The molecule has 2 amide bonds. The van der Waals surface area contributed by atoms with Gasteiger partial charge in [0.25, 0.3) is 17.4 Å². The Balaban J connectivity index is 0.00000289. The van der Waals surface area contributed by atoms with Crippen LogP contribution in [0.3, 0.4) is 0 Å². The van der Waals surface area contributed by atoms with Crippen LogP contribution < -0.4 is 21.5 Å². The fourth-order valence-corrected chi connectivity index (χ4v) is 4.22. The number of carbonyl (C=O) groups excluding carboxylic acids is 2. The number of H-pyrrole nitrogens is 1. The van der Waals surface area contributed by atoms with E-state index in [2.05, 4.69) is 15.3 Å². The maximum Gasteiger partial charge on any atom is 0.259 e. The lowest BCUT2D eigenvalue weighted by molar-refractivity contribution is -0.150. The molecule has 11 heteroatoms. The maximum atomic E-state index is 13.1. The van der Waals surface area contributed by atoms with Crippen molar-refractivity contribution in [2.75, 3.05) is 23.4 Å². The van der Waals surface area contributed by atoms with Gasteiger partial charge in [-0.1, -0.05) is 6.07 Å². The van der Waals surface area contributed by atoms with Crippen LogP contribution in [0.15, 0.2) is 52.3 Å². The largest absolute Gasteiger partial charge is 0.383 e. The highest BCUT2D eigenvalue weighted by atomic mass is 35.5. The van der Waals surface area contributed by atoms with Gasteiger partial charge in [0.1, 0.15) is 5.84 Å². The number of carbonyl (C=O) groups is 2. The second-order valence-corrected chi connectivity index (χ2v) is 8.34. The number of hydrogen-bond acceptors (Lipinski definition) is 7. The third-order valence-corrected chi connectivity index (χ3v) is 6.07. The number of aliphatic hydroxyl groups excluding tert-OH is 1. The van der Waals surface area contributed by atoms with E-state index in [1.54, 1.807) is 49.4 Å². The Labute approximate surface area is 206 Å². The highest BCUT2D eigenvalue weighted by Crippen LogP contribution is 2.25. The fraction of sp³-hybridized carbons (Fsp3) is 0.250. The highest BCUT2D eigenvalue weighted by Gasteiger charge is 2.39. The molecule has 1 aromatic heterocycles. The van der Waals surface area contributed by atoms with E-state index < -0.39 is 24.0 Å². The summed E-state index contributed by atoms with van der Waals surface area (Å²) >= 11 is 0. The van der Waals surface area contributed by atoms with Crippen LogP contribution in [0, 0.1) is 6.92 Å². The SMILES string of the molecule is Cc1cc2ccc(N3CCO[C@H]([C@@H](O)C(=O)Nc4ccc5c(c4)CN=C5N)C3=O)cc2[nH]c1=O.Cl. The summed E-state index contributed by atoms with van der Waals surface area (Å²) in [5.41, 5.74) is 9.46. The Morgan fingerprint density at radius 1 is 1.26 bits per heavy atom. The van der Waals surface area contributed by atoms with E-state index in [-0.39, 0.29) is 31.1 Å². The molecule has 0 bridgehead atoms. The summed E-state index contributed by atoms with van der Waals surface area (Å²) in [6.45, 7) is 2.53. The molecule has 3 aromatic rings. The molecule has 35 heavy (non-hydrogen) atoms. The number of ether oxygens (including phenoxy) is 1. The molecule has 0 spiro atoms. The van der Waals surface area contributed by atoms with E-state index >= 15 is 0 Å². The number of nitrogens with two attached hydrogens (primary N) is 1. The van der Waals surface area contributed by atoms with Crippen LogP contribution >= 0.6 is 12.4 Å². The third kappa shape index (κ3) is 4.51. The summed E-state index contributed by atoms with van der Waals surface area (Å²) < 4.78 is 5.48. The van der Waals surface area contributed by atoms with Gasteiger partial charge in [-0.3, -0.25) is 19.4 Å². The Hall–Kier alpha value is -3.73. The normalized spacial score (nSPS) is 18.0. The van der Waals surface area contributed by atoms with Gasteiger partial charge < -0.3 is 30.8 Å². The minimum Gasteiger partial charge on any atom is -0.383 e. The number of aliphatic hydroxyl groups is 1. The first-order chi connectivity index (χ1) is 16.3. The first-order valence-electron chi connectivity index (χ1n) is 10.8. The second kappa shape index (κ2) is 9.49. The van der Waals surface area contributed by atoms with E-state index in [0.29, 0.717) is 34.8 Å². The third-order valence-electron chi connectivity index (χ3n) is 6.07. The van der Waals surface area contributed by atoms with Crippen molar-refractivity contribution in [3.63, 3.8) is 0 Å². The molecule has 2 atom stereocenters. The number of morpholine rings is 1. The average Bonchev–Trinajstić information content (AvgIpc) is 3.19. The number of hydrogen-bond donors (Lipinski definition) is 4. The molecule has 5 N–H and O–H groups in total. The number of nitrogens with one attached hydrogen (secondary N) is 2. The predicted molar refractivity (Wildman–Crippen MR) is 134 cm³/mol. The van der Waals surface area contributed by atoms with E-state index in [1.165, 1.54) is 4.90 Å². The number of aromatic nitrogens is 1. The monoisotopic (exact) mass is 497 g/mol. The number of amides is 2. The lowest BCUT2D eigenvalue weighted by Crippen LogP contribution is -2.55. The topological polar surface area (TPSA) is 150 Å². The minimum atomic E-state index is -1.72. The van der Waals surface area contributed by atoms with E-state index in [1.807, 2.05) is 0 Å². The number of aryl methyl sites for hydroxylation is 1. The molecule has 0 saturated carbocycles. The summed E-state index contributed by atoms with van der Waals surface area (Å²) in [6, 6.07) is 12.2. The Bertz CT molecular complexity index is 1420. The van der Waals surface area contributed by atoms with Crippen molar-refractivity contribution < 1.29 is 19.4 Å². The van der Waals surface area contributed by atoms with Crippen molar-refractivity contribution in [3.8, 4) is 0 Å². The minimum absolute atomic E-state index is 0. The number of fused-ring (bicyclic) bond motifs is 2. The zero-order valence-corrected chi connectivity index (χ0v) is 19.6. The van der Waals surface area contributed by atoms with Crippen LogP contribution in [-0.2, 0) is 20.9 Å². The lowest BCUT2D eigenvalue weighted by Gasteiger charge is -2.34. The first kappa shape index (κ1) is 24.4. The molecule has 0 radical (unpaired) electrons. The van der Waals surface area contributed by atoms with Gasteiger partial charge in [0.15, 0.2) is 12.2 Å². The number of amidine groups is 1. The number of benzene rings is 2. The van der Waals surface area contributed by atoms with Gasteiger partial charge in [0.2, 0.25) is 0 Å². The van der Waals surface area contributed by atoms with Crippen molar-refractivity contribution in [3.05, 3.63) is 69.5 Å². The van der Waals surface area contributed by atoms with Crippen LogP contribution in [-0.4, -0.2) is 53.1 Å². The van der Waals surface area contributed by atoms with Crippen LogP contribution in [0.5, 0.6) is 0 Å².